The SMILES string of the molecule is C=C(C(=O)CCC)C(=O)NC.CCCOc1ccc(C)c2cccnc12.Cc1ccc(SF)cc1. The fourth-order valence-electron chi connectivity index (χ4n) is 2.86. The number of likely N-dealkylation sites (N-methyl/N-ethyl adjacent to an activating group) is 1. The Kier molecular flexibility index (Phi) is 14.0. The lowest BCUT2D eigenvalue weighted by molar-refractivity contribution is -0.122. The molecule has 35 heavy (non-hydrogen) atoms. The summed E-state index contributed by atoms with van der Waals surface area (Å²) in [5, 5.41) is 3.52. The fraction of sp³-hybridized carbons (Fsp3) is 0.321. The highest BCUT2D eigenvalue weighted by Gasteiger charge is 2.12. The number of pyridine rings is 1. The van der Waals surface area contributed by atoms with Gasteiger partial charge in [0.15, 0.2) is 5.78 Å². The molecule has 3 rings (SSSR count). The minimum atomic E-state index is -0.386. The summed E-state index contributed by atoms with van der Waals surface area (Å²) in [5.74, 6) is 0.327. The summed E-state index contributed by atoms with van der Waals surface area (Å²) in [6.45, 7) is 12.2. The quantitative estimate of drug-likeness (QED) is 0.206. The molecular weight excluding hydrogens is 463 g/mol. The van der Waals surface area contributed by atoms with E-state index >= 15 is 0 Å². The lowest BCUT2D eigenvalue weighted by Gasteiger charge is -2.08. The zero-order valence-corrected chi connectivity index (χ0v) is 22.0. The molecule has 0 fully saturated rings. The monoisotopic (exact) mass is 498 g/mol. The van der Waals surface area contributed by atoms with E-state index in [1.165, 1.54) is 18.0 Å². The van der Waals surface area contributed by atoms with Crippen LogP contribution in [0.25, 0.3) is 10.9 Å². The first-order valence-corrected chi connectivity index (χ1v) is 12.3. The van der Waals surface area contributed by atoms with E-state index in [-0.39, 0.29) is 29.4 Å². The Labute approximate surface area is 212 Å². The maximum absolute atomic E-state index is 11.8. The van der Waals surface area contributed by atoms with Crippen molar-refractivity contribution in [2.75, 3.05) is 13.7 Å². The number of benzene rings is 2. The van der Waals surface area contributed by atoms with Crippen molar-refractivity contribution in [3.63, 3.8) is 0 Å². The van der Waals surface area contributed by atoms with Crippen LogP contribution in [0.5, 0.6) is 5.75 Å². The molecule has 5 nitrogen and oxygen atoms in total. The first-order valence-electron chi connectivity index (χ1n) is 11.5. The lowest BCUT2D eigenvalue weighted by Crippen LogP contribution is -2.23. The van der Waals surface area contributed by atoms with Gasteiger partial charge in [-0.2, -0.15) is 3.89 Å². The number of Topliss-reactive ketones (excluding diaryl/α,β-unsaturated/α-hetero) is 1. The Balaban J connectivity index is 0.000000273. The Bertz CT molecular complexity index is 1100. The number of nitrogens with zero attached hydrogens (tertiary/aromatic N) is 1. The molecule has 0 bridgehead atoms. The maximum Gasteiger partial charge on any atom is 0.254 e. The van der Waals surface area contributed by atoms with Crippen LogP contribution in [-0.4, -0.2) is 30.3 Å². The van der Waals surface area contributed by atoms with E-state index in [0.29, 0.717) is 11.3 Å². The van der Waals surface area contributed by atoms with Crippen LogP contribution >= 0.6 is 12.1 Å². The van der Waals surface area contributed by atoms with E-state index in [4.69, 9.17) is 4.74 Å². The van der Waals surface area contributed by atoms with Crippen LogP contribution < -0.4 is 10.1 Å². The second-order valence-corrected chi connectivity index (χ2v) is 8.38. The minimum Gasteiger partial charge on any atom is -0.491 e. The highest BCUT2D eigenvalue weighted by atomic mass is 32.2. The van der Waals surface area contributed by atoms with Crippen LogP contribution in [0.1, 0.15) is 44.2 Å². The summed E-state index contributed by atoms with van der Waals surface area (Å²) in [5.41, 5.74) is 3.41. The van der Waals surface area contributed by atoms with Crippen molar-refractivity contribution in [3.8, 4) is 5.75 Å². The van der Waals surface area contributed by atoms with Crippen molar-refractivity contribution < 1.29 is 18.2 Å². The van der Waals surface area contributed by atoms with Gasteiger partial charge in [0.25, 0.3) is 5.91 Å². The van der Waals surface area contributed by atoms with E-state index in [1.54, 1.807) is 18.3 Å². The Morgan fingerprint density at radius 2 is 1.74 bits per heavy atom. The number of hydrogen-bond acceptors (Lipinski definition) is 5. The van der Waals surface area contributed by atoms with E-state index in [9.17, 15) is 13.5 Å². The summed E-state index contributed by atoms with van der Waals surface area (Å²) < 4.78 is 17.4. The molecule has 0 atom stereocenters. The Hall–Kier alpha value is -3.19. The van der Waals surface area contributed by atoms with Crippen molar-refractivity contribution in [2.24, 2.45) is 0 Å². The third-order valence-corrected chi connectivity index (χ3v) is 5.29. The molecule has 0 saturated heterocycles. The molecule has 7 heteroatoms. The molecule has 1 heterocycles. The number of aromatic nitrogens is 1. The van der Waals surface area contributed by atoms with Gasteiger partial charge in [-0.1, -0.05) is 50.3 Å². The third kappa shape index (κ3) is 10.3. The van der Waals surface area contributed by atoms with Gasteiger partial charge in [-0.05, 0) is 56.5 Å². The van der Waals surface area contributed by atoms with Crippen LogP contribution in [-0.2, 0) is 9.59 Å². The number of carbonyl (C=O) groups is 2. The van der Waals surface area contributed by atoms with Crippen molar-refractivity contribution in [1.29, 1.82) is 0 Å². The molecule has 0 spiro atoms. The normalized spacial score (nSPS) is 9.77. The second-order valence-electron chi connectivity index (χ2n) is 7.75. The minimum absolute atomic E-state index is 0.0503. The van der Waals surface area contributed by atoms with Gasteiger partial charge < -0.3 is 10.1 Å². The smallest absolute Gasteiger partial charge is 0.254 e. The van der Waals surface area contributed by atoms with E-state index in [1.807, 2.05) is 38.1 Å². The first kappa shape index (κ1) is 29.8. The Morgan fingerprint density at radius 3 is 2.31 bits per heavy atom. The number of hydrogen-bond donors (Lipinski definition) is 1. The molecule has 0 aliphatic heterocycles. The van der Waals surface area contributed by atoms with Crippen molar-refractivity contribution in [2.45, 2.75) is 51.9 Å². The maximum atomic E-state index is 11.8. The molecule has 188 valence electrons. The van der Waals surface area contributed by atoms with E-state index in [2.05, 4.69) is 42.9 Å². The van der Waals surface area contributed by atoms with Gasteiger partial charge in [-0.15, -0.1) is 0 Å². The number of ketones is 1. The molecule has 0 aliphatic rings. The third-order valence-electron chi connectivity index (χ3n) is 4.84. The highest BCUT2D eigenvalue weighted by Crippen LogP contribution is 2.26. The van der Waals surface area contributed by atoms with E-state index < -0.39 is 0 Å². The second kappa shape index (κ2) is 16.4. The molecule has 0 aliphatic carbocycles. The van der Waals surface area contributed by atoms with Crippen molar-refractivity contribution >= 4 is 34.7 Å². The van der Waals surface area contributed by atoms with Crippen molar-refractivity contribution in [1.82, 2.24) is 10.3 Å². The number of carbonyl (C=O) groups excluding carboxylic acids is 2. The average Bonchev–Trinajstić information content (AvgIpc) is 2.89. The molecule has 2 aromatic carbocycles. The number of halogens is 1. The zero-order chi connectivity index (χ0) is 26.2. The standard InChI is InChI=1S/C13H15NO.C8H13NO2.C7H7FS/c1-3-9-15-12-7-6-10(2)11-5-4-8-14-13(11)12;1-4-5-7(10)6(2)8(11)9-3;1-6-2-4-7(9-8)5-3-6/h4-8H,3,9H2,1-2H3;2,4-5H2,1,3H3,(H,9,11);2-5H,1H3. The molecule has 0 saturated carbocycles. The van der Waals surface area contributed by atoms with E-state index in [0.717, 1.165) is 36.3 Å². The highest BCUT2D eigenvalue weighted by molar-refractivity contribution is 7.94. The van der Waals surface area contributed by atoms with Crippen LogP contribution in [0.3, 0.4) is 0 Å². The largest absolute Gasteiger partial charge is 0.491 e. The number of ether oxygens (including phenoxy) is 1. The first-order chi connectivity index (χ1) is 16.8. The molecule has 1 amide bonds. The van der Waals surface area contributed by atoms with Gasteiger partial charge in [0.1, 0.15) is 11.3 Å². The van der Waals surface area contributed by atoms with Gasteiger partial charge >= 0.3 is 0 Å². The number of amides is 1. The van der Waals surface area contributed by atoms with Gasteiger partial charge in [0.2, 0.25) is 0 Å². The van der Waals surface area contributed by atoms with Gasteiger partial charge in [0.05, 0.1) is 24.3 Å². The summed E-state index contributed by atoms with van der Waals surface area (Å²) in [6, 6.07) is 15.4. The average molecular weight is 499 g/mol. The van der Waals surface area contributed by atoms with Gasteiger partial charge in [-0.25, -0.2) is 0 Å². The van der Waals surface area contributed by atoms with Crippen LogP contribution in [0.15, 0.2) is 71.8 Å². The van der Waals surface area contributed by atoms with Gasteiger partial charge in [-0.3, -0.25) is 14.6 Å². The molecule has 1 N–H and O–H groups in total. The summed E-state index contributed by atoms with van der Waals surface area (Å²) in [4.78, 5) is 26.8. The topological polar surface area (TPSA) is 68.3 Å². The number of aryl methyl sites for hydroxylation is 2. The number of nitrogens with one attached hydrogen (secondary N) is 1. The molecule has 0 unspecified atom stereocenters. The van der Waals surface area contributed by atoms with Crippen LogP contribution in [0.2, 0.25) is 0 Å². The predicted octanol–water partition coefficient (Wildman–Crippen LogP) is 6.96. The Morgan fingerprint density at radius 1 is 1.06 bits per heavy atom. The predicted molar refractivity (Wildman–Crippen MR) is 144 cm³/mol. The molecular formula is C28H35FN2O3S. The number of rotatable bonds is 8. The fourth-order valence-corrected chi connectivity index (χ4v) is 3.10. The number of fused-ring (bicyclic) bond motifs is 1. The molecule has 0 radical (unpaired) electrons. The lowest BCUT2D eigenvalue weighted by atomic mass is 10.1. The summed E-state index contributed by atoms with van der Waals surface area (Å²) in [6.07, 6.45) is 3.96. The summed E-state index contributed by atoms with van der Waals surface area (Å²) in [7, 11) is 1.48. The summed E-state index contributed by atoms with van der Waals surface area (Å²) >= 11 is 0.277. The van der Waals surface area contributed by atoms with Crippen molar-refractivity contribution in [3.05, 3.63) is 78.0 Å². The zero-order valence-electron chi connectivity index (χ0n) is 21.2. The molecule has 1 aromatic heterocycles. The van der Waals surface area contributed by atoms with Crippen LogP contribution in [0.4, 0.5) is 3.89 Å². The molecule has 3 aromatic rings. The van der Waals surface area contributed by atoms with Gasteiger partial charge in [0, 0.05) is 29.9 Å². The van der Waals surface area contributed by atoms with Crippen LogP contribution in [0, 0.1) is 13.8 Å².